The summed E-state index contributed by atoms with van der Waals surface area (Å²) in [5, 5.41) is 10.7. The zero-order valence-electron chi connectivity index (χ0n) is 14.2. The lowest BCUT2D eigenvalue weighted by atomic mass is 10.1. The first-order valence-electron chi connectivity index (χ1n) is 8.10. The molecule has 0 bridgehead atoms. The Morgan fingerprint density at radius 1 is 1.11 bits per heavy atom. The number of nitro benzene ring substituents is 1. The first-order chi connectivity index (χ1) is 13.5. The second kappa shape index (κ2) is 6.84. The molecule has 1 aromatic heterocycles. The molecule has 0 spiro atoms. The van der Waals surface area contributed by atoms with Crippen molar-refractivity contribution in [2.24, 2.45) is 0 Å². The lowest BCUT2D eigenvalue weighted by molar-refractivity contribution is -0.384. The molecule has 2 heterocycles. The van der Waals surface area contributed by atoms with Crippen molar-refractivity contribution in [1.29, 1.82) is 0 Å². The molecule has 1 aliphatic rings. The number of nitrogens with zero attached hydrogens (tertiary/aromatic N) is 1. The first kappa shape index (κ1) is 17.2. The quantitative estimate of drug-likeness (QED) is 0.222. The number of fused-ring (bicyclic) bond motifs is 1. The minimum Gasteiger partial charge on any atom is -0.465 e. The van der Waals surface area contributed by atoms with E-state index in [-0.39, 0.29) is 34.3 Å². The van der Waals surface area contributed by atoms with Crippen molar-refractivity contribution < 1.29 is 28.4 Å². The monoisotopic (exact) mass is 377 g/mol. The van der Waals surface area contributed by atoms with E-state index in [4.69, 9.17) is 13.9 Å². The predicted octanol–water partition coefficient (Wildman–Crippen LogP) is 4.02. The van der Waals surface area contributed by atoms with Crippen molar-refractivity contribution in [3.63, 3.8) is 0 Å². The predicted molar refractivity (Wildman–Crippen MR) is 96.1 cm³/mol. The van der Waals surface area contributed by atoms with Crippen LogP contribution in [0, 0.1) is 10.1 Å². The first-order valence-corrected chi connectivity index (χ1v) is 8.10. The summed E-state index contributed by atoms with van der Waals surface area (Å²) in [6.45, 7) is 0. The highest BCUT2D eigenvalue weighted by Gasteiger charge is 2.28. The second-order valence-electron chi connectivity index (χ2n) is 5.81. The normalized spacial score (nSPS) is 13.9. The Labute approximate surface area is 157 Å². The molecule has 0 amide bonds. The van der Waals surface area contributed by atoms with Crippen LogP contribution in [-0.4, -0.2) is 16.7 Å². The van der Waals surface area contributed by atoms with Gasteiger partial charge in [-0.2, -0.15) is 0 Å². The summed E-state index contributed by atoms with van der Waals surface area (Å²) in [4.78, 5) is 34.7. The van der Waals surface area contributed by atoms with E-state index >= 15 is 0 Å². The number of rotatable bonds is 4. The third kappa shape index (κ3) is 3.26. The average molecular weight is 377 g/mol. The molecular weight excluding hydrogens is 366 g/mol. The molecule has 0 saturated carbocycles. The molecule has 8 heteroatoms. The Balaban J connectivity index is 1.52. The van der Waals surface area contributed by atoms with Crippen LogP contribution < -0.4 is 9.47 Å². The van der Waals surface area contributed by atoms with Crippen LogP contribution in [0.1, 0.15) is 26.5 Å². The van der Waals surface area contributed by atoms with Crippen molar-refractivity contribution in [2.75, 3.05) is 0 Å². The Kier molecular flexibility index (Phi) is 4.21. The number of esters is 1. The summed E-state index contributed by atoms with van der Waals surface area (Å²) >= 11 is 0. The maximum Gasteiger partial charge on any atom is 0.343 e. The van der Waals surface area contributed by atoms with E-state index in [9.17, 15) is 19.7 Å². The third-order valence-corrected chi connectivity index (χ3v) is 3.98. The molecule has 0 fully saturated rings. The van der Waals surface area contributed by atoms with E-state index in [1.807, 2.05) is 0 Å². The molecule has 0 saturated heterocycles. The topological polar surface area (TPSA) is 109 Å². The number of furan rings is 1. The van der Waals surface area contributed by atoms with Crippen molar-refractivity contribution in [3.05, 3.63) is 93.6 Å². The number of carbonyl (C=O) groups is 2. The van der Waals surface area contributed by atoms with E-state index < -0.39 is 10.9 Å². The number of carbonyl (C=O) groups excluding carboxylic acids is 2. The summed E-state index contributed by atoms with van der Waals surface area (Å²) in [5.41, 5.74) is 0.367. The zero-order valence-corrected chi connectivity index (χ0v) is 14.2. The van der Waals surface area contributed by atoms with E-state index in [2.05, 4.69) is 0 Å². The van der Waals surface area contributed by atoms with Crippen LogP contribution in [-0.2, 0) is 0 Å². The van der Waals surface area contributed by atoms with Gasteiger partial charge in [-0.15, -0.1) is 0 Å². The maximum absolute atomic E-state index is 12.4. The standard InChI is InChI=1S/C20H11NO7/c22-19-16-8-7-15(11-17(16)28-18(19)10-14-2-1-9-26-14)27-20(23)12-3-5-13(6-4-12)21(24)25/h1-11H. The van der Waals surface area contributed by atoms with Gasteiger partial charge in [-0.25, -0.2) is 4.79 Å². The molecule has 1 aliphatic heterocycles. The molecule has 0 atom stereocenters. The van der Waals surface area contributed by atoms with Crippen LogP contribution in [0.25, 0.3) is 6.08 Å². The number of nitro groups is 1. The second-order valence-corrected chi connectivity index (χ2v) is 5.81. The minimum absolute atomic E-state index is 0.101. The summed E-state index contributed by atoms with van der Waals surface area (Å²) < 4.78 is 16.0. The summed E-state index contributed by atoms with van der Waals surface area (Å²) in [5.74, 6) is 0.0147. The number of allylic oxidation sites excluding steroid dienone is 1. The van der Waals surface area contributed by atoms with Gasteiger partial charge in [-0.05, 0) is 36.4 Å². The fourth-order valence-electron chi connectivity index (χ4n) is 2.62. The van der Waals surface area contributed by atoms with Gasteiger partial charge in [0.2, 0.25) is 5.78 Å². The number of benzene rings is 2. The Hall–Kier alpha value is -4.20. The lowest BCUT2D eigenvalue weighted by Crippen LogP contribution is -2.08. The molecule has 0 aliphatic carbocycles. The van der Waals surface area contributed by atoms with Crippen LogP contribution in [0.15, 0.2) is 71.0 Å². The molecule has 3 aromatic rings. The van der Waals surface area contributed by atoms with Gasteiger partial charge in [0.1, 0.15) is 17.3 Å². The van der Waals surface area contributed by atoms with Gasteiger partial charge >= 0.3 is 5.97 Å². The number of Topliss-reactive ketones (excluding diaryl/α,β-unsaturated/α-hetero) is 1. The number of hydrogen-bond acceptors (Lipinski definition) is 7. The fraction of sp³-hybridized carbons (Fsp3) is 0. The molecule has 4 rings (SSSR count). The molecular formula is C20H11NO7. The van der Waals surface area contributed by atoms with E-state index in [1.54, 1.807) is 12.1 Å². The Morgan fingerprint density at radius 2 is 1.89 bits per heavy atom. The molecule has 2 aromatic carbocycles. The average Bonchev–Trinajstić information content (AvgIpc) is 3.30. The van der Waals surface area contributed by atoms with Crippen molar-refractivity contribution in [2.45, 2.75) is 0 Å². The van der Waals surface area contributed by atoms with Crippen molar-refractivity contribution in [3.8, 4) is 11.5 Å². The molecule has 28 heavy (non-hydrogen) atoms. The number of non-ortho nitro benzene ring substituents is 1. The lowest BCUT2D eigenvalue weighted by Gasteiger charge is -2.05. The van der Waals surface area contributed by atoms with Crippen LogP contribution in [0.4, 0.5) is 5.69 Å². The minimum atomic E-state index is -0.689. The highest BCUT2D eigenvalue weighted by Crippen LogP contribution is 2.35. The van der Waals surface area contributed by atoms with Crippen molar-refractivity contribution in [1.82, 2.24) is 0 Å². The molecule has 0 N–H and O–H groups in total. The smallest absolute Gasteiger partial charge is 0.343 e. The van der Waals surface area contributed by atoms with Gasteiger partial charge in [0.25, 0.3) is 5.69 Å². The van der Waals surface area contributed by atoms with Crippen LogP contribution in [0.2, 0.25) is 0 Å². The van der Waals surface area contributed by atoms with Gasteiger partial charge in [0.15, 0.2) is 5.76 Å². The molecule has 8 nitrogen and oxygen atoms in total. The molecule has 138 valence electrons. The van der Waals surface area contributed by atoms with Gasteiger partial charge in [0.05, 0.1) is 22.3 Å². The SMILES string of the molecule is O=C(Oc1ccc2c(c1)OC(=Cc1ccco1)C2=O)c1ccc([N+](=O)[O-])cc1. The van der Waals surface area contributed by atoms with E-state index in [0.717, 1.165) is 0 Å². The fourth-order valence-corrected chi connectivity index (χ4v) is 2.62. The van der Waals surface area contributed by atoms with Crippen molar-refractivity contribution >= 4 is 23.5 Å². The van der Waals surface area contributed by atoms with E-state index in [0.29, 0.717) is 11.3 Å². The highest BCUT2D eigenvalue weighted by molar-refractivity contribution is 6.14. The highest BCUT2D eigenvalue weighted by atomic mass is 16.6. The summed E-state index contributed by atoms with van der Waals surface area (Å²) in [6, 6.07) is 12.8. The summed E-state index contributed by atoms with van der Waals surface area (Å²) in [7, 11) is 0. The Morgan fingerprint density at radius 3 is 2.57 bits per heavy atom. The van der Waals surface area contributed by atoms with Gasteiger partial charge in [-0.1, -0.05) is 0 Å². The number of ketones is 1. The van der Waals surface area contributed by atoms with Crippen LogP contribution >= 0.6 is 0 Å². The van der Waals surface area contributed by atoms with Crippen LogP contribution in [0.3, 0.4) is 0 Å². The number of ether oxygens (including phenoxy) is 2. The molecule has 0 radical (unpaired) electrons. The van der Waals surface area contributed by atoms with Gasteiger partial charge in [-0.3, -0.25) is 14.9 Å². The van der Waals surface area contributed by atoms with Crippen LogP contribution in [0.5, 0.6) is 11.5 Å². The largest absolute Gasteiger partial charge is 0.465 e. The zero-order chi connectivity index (χ0) is 19.7. The Bertz CT molecular complexity index is 1110. The van der Waals surface area contributed by atoms with Gasteiger partial charge < -0.3 is 13.9 Å². The number of hydrogen-bond donors (Lipinski definition) is 0. The van der Waals surface area contributed by atoms with Gasteiger partial charge in [0, 0.05) is 24.3 Å². The van der Waals surface area contributed by atoms with E-state index in [1.165, 1.54) is 54.8 Å². The third-order valence-electron chi connectivity index (χ3n) is 3.98. The maximum atomic E-state index is 12.4. The molecule has 0 unspecified atom stereocenters. The summed E-state index contributed by atoms with van der Waals surface area (Å²) in [6.07, 6.45) is 2.96.